The number of aryl methyl sites for hydroxylation is 2. The van der Waals surface area contributed by atoms with Crippen LogP contribution in [0.4, 0.5) is 0 Å². The van der Waals surface area contributed by atoms with Crippen molar-refractivity contribution in [3.05, 3.63) is 80.1 Å². The van der Waals surface area contributed by atoms with Gasteiger partial charge in [-0.1, -0.05) is 39.0 Å². The van der Waals surface area contributed by atoms with E-state index in [9.17, 15) is 9.59 Å². The van der Waals surface area contributed by atoms with Gasteiger partial charge in [-0.2, -0.15) is 0 Å². The lowest BCUT2D eigenvalue weighted by Gasteiger charge is -2.26. The summed E-state index contributed by atoms with van der Waals surface area (Å²) in [6.45, 7) is 6.37. The summed E-state index contributed by atoms with van der Waals surface area (Å²) in [4.78, 5) is 26.3. The Balaban J connectivity index is 2.01. The van der Waals surface area contributed by atoms with E-state index >= 15 is 0 Å². The Morgan fingerprint density at radius 3 is 2.45 bits per heavy atom. The lowest BCUT2D eigenvalue weighted by atomic mass is 9.83. The minimum Gasteiger partial charge on any atom is -0.496 e. The van der Waals surface area contributed by atoms with Gasteiger partial charge < -0.3 is 4.74 Å². The maximum absolute atomic E-state index is 12.4. The first kappa shape index (κ1) is 19.2. The van der Waals surface area contributed by atoms with Gasteiger partial charge in [0, 0.05) is 23.4 Å². The number of fused-ring (bicyclic) bond motifs is 1. The third kappa shape index (κ3) is 3.53. The van der Waals surface area contributed by atoms with Gasteiger partial charge in [-0.05, 0) is 53.5 Å². The molecule has 1 N–H and O–H groups in total. The Morgan fingerprint density at radius 1 is 1.00 bits per heavy atom. The molecule has 29 heavy (non-hydrogen) atoms. The molecular weight excluding hydrogens is 364 g/mol. The first-order chi connectivity index (χ1) is 13.8. The number of aromatic amines is 1. The van der Waals surface area contributed by atoms with Crippen molar-refractivity contribution < 1.29 is 4.74 Å². The Hall–Kier alpha value is -3.08. The Morgan fingerprint density at radius 2 is 1.76 bits per heavy atom. The van der Waals surface area contributed by atoms with Crippen molar-refractivity contribution in [2.75, 3.05) is 7.11 Å². The molecule has 0 fully saturated rings. The second-order valence-electron chi connectivity index (χ2n) is 8.64. The number of methoxy groups -OCH3 is 1. The number of nitrogens with one attached hydrogen (secondary N) is 1. The Labute approximate surface area is 170 Å². The highest BCUT2D eigenvalue weighted by Crippen LogP contribution is 2.42. The Kier molecular flexibility index (Phi) is 4.69. The molecule has 0 unspecified atom stereocenters. The standard InChI is InChI=1S/C24H26N2O3/c1-24(2,3)20-14-18(26-11-10-21(27)25-23(26)28)13-19(22(20)29-4)17-9-8-15-6-5-7-16(15)12-17/h8-14H,5-7H2,1-4H3,(H,25,27,28). The summed E-state index contributed by atoms with van der Waals surface area (Å²) in [5, 5.41) is 0. The van der Waals surface area contributed by atoms with E-state index in [4.69, 9.17) is 4.74 Å². The molecule has 3 aromatic rings. The van der Waals surface area contributed by atoms with E-state index in [1.165, 1.54) is 34.4 Å². The summed E-state index contributed by atoms with van der Waals surface area (Å²) in [7, 11) is 1.69. The van der Waals surface area contributed by atoms with E-state index < -0.39 is 11.2 Å². The highest BCUT2D eigenvalue weighted by atomic mass is 16.5. The van der Waals surface area contributed by atoms with Crippen molar-refractivity contribution in [1.29, 1.82) is 0 Å². The number of hydrogen-bond acceptors (Lipinski definition) is 3. The maximum Gasteiger partial charge on any atom is 0.332 e. The molecule has 0 saturated carbocycles. The van der Waals surface area contributed by atoms with Crippen LogP contribution in [0.3, 0.4) is 0 Å². The van der Waals surface area contributed by atoms with Gasteiger partial charge in [-0.15, -0.1) is 0 Å². The number of benzene rings is 2. The van der Waals surface area contributed by atoms with E-state index in [1.54, 1.807) is 7.11 Å². The second kappa shape index (κ2) is 7.07. The SMILES string of the molecule is COc1c(-c2ccc3c(c2)CCC3)cc(-n2ccc(=O)[nH]c2=O)cc1C(C)(C)C. The fraction of sp³-hybridized carbons (Fsp3) is 0.333. The zero-order valence-electron chi connectivity index (χ0n) is 17.3. The zero-order chi connectivity index (χ0) is 20.8. The number of nitrogens with zero attached hydrogens (tertiary/aromatic N) is 1. The molecule has 0 amide bonds. The van der Waals surface area contributed by atoms with Gasteiger partial charge in [0.15, 0.2) is 0 Å². The van der Waals surface area contributed by atoms with Crippen LogP contribution in [0.25, 0.3) is 16.8 Å². The molecule has 1 heterocycles. The van der Waals surface area contributed by atoms with Crippen LogP contribution in [0.15, 0.2) is 52.2 Å². The number of hydrogen-bond donors (Lipinski definition) is 1. The van der Waals surface area contributed by atoms with E-state index in [2.05, 4.69) is 44.0 Å². The molecular formula is C24H26N2O3. The lowest BCUT2D eigenvalue weighted by molar-refractivity contribution is 0.399. The van der Waals surface area contributed by atoms with Crippen molar-refractivity contribution >= 4 is 0 Å². The number of rotatable bonds is 3. The van der Waals surface area contributed by atoms with E-state index in [1.807, 2.05) is 12.1 Å². The molecule has 5 nitrogen and oxygen atoms in total. The first-order valence-electron chi connectivity index (χ1n) is 9.95. The molecule has 4 rings (SSSR count). The highest BCUT2D eigenvalue weighted by Gasteiger charge is 2.24. The molecule has 0 bridgehead atoms. The highest BCUT2D eigenvalue weighted by molar-refractivity contribution is 5.76. The van der Waals surface area contributed by atoms with Crippen molar-refractivity contribution in [3.8, 4) is 22.6 Å². The molecule has 0 atom stereocenters. The lowest BCUT2D eigenvalue weighted by Crippen LogP contribution is -2.27. The minimum absolute atomic E-state index is 0.196. The summed E-state index contributed by atoms with van der Waals surface area (Å²) in [5.41, 5.74) is 5.47. The van der Waals surface area contributed by atoms with Crippen molar-refractivity contribution in [2.45, 2.75) is 45.4 Å². The average Bonchev–Trinajstić information content (AvgIpc) is 3.14. The number of H-pyrrole nitrogens is 1. The van der Waals surface area contributed by atoms with E-state index in [0.29, 0.717) is 5.69 Å². The number of aromatic nitrogens is 2. The van der Waals surface area contributed by atoms with Crippen LogP contribution in [-0.2, 0) is 18.3 Å². The van der Waals surface area contributed by atoms with Crippen LogP contribution < -0.4 is 16.0 Å². The minimum atomic E-state index is -0.456. The average molecular weight is 390 g/mol. The first-order valence-corrected chi connectivity index (χ1v) is 9.95. The molecule has 0 aliphatic heterocycles. The fourth-order valence-electron chi connectivity index (χ4n) is 4.10. The molecule has 150 valence electrons. The van der Waals surface area contributed by atoms with Crippen molar-refractivity contribution in [1.82, 2.24) is 9.55 Å². The topological polar surface area (TPSA) is 64.1 Å². The molecule has 1 aliphatic carbocycles. The van der Waals surface area contributed by atoms with Gasteiger partial charge >= 0.3 is 5.69 Å². The third-order valence-electron chi connectivity index (χ3n) is 5.60. The summed E-state index contributed by atoms with van der Waals surface area (Å²) in [5.74, 6) is 0.816. The van der Waals surface area contributed by atoms with E-state index in [-0.39, 0.29) is 5.41 Å². The Bertz CT molecular complexity index is 1200. The smallest absolute Gasteiger partial charge is 0.332 e. The molecule has 0 spiro atoms. The van der Waals surface area contributed by atoms with Crippen molar-refractivity contribution in [2.24, 2.45) is 0 Å². The van der Waals surface area contributed by atoms with Gasteiger partial charge in [-0.3, -0.25) is 14.3 Å². The zero-order valence-corrected chi connectivity index (χ0v) is 17.3. The van der Waals surface area contributed by atoms with Crippen LogP contribution in [0, 0.1) is 0 Å². The summed E-state index contributed by atoms with van der Waals surface area (Å²) in [6, 6.07) is 11.9. The fourth-order valence-corrected chi connectivity index (χ4v) is 4.10. The maximum atomic E-state index is 12.4. The summed E-state index contributed by atoms with van der Waals surface area (Å²) in [6.07, 6.45) is 4.93. The summed E-state index contributed by atoms with van der Waals surface area (Å²) < 4.78 is 7.34. The predicted molar refractivity (Wildman–Crippen MR) is 115 cm³/mol. The van der Waals surface area contributed by atoms with Gasteiger partial charge in [0.2, 0.25) is 0 Å². The largest absolute Gasteiger partial charge is 0.496 e. The second-order valence-corrected chi connectivity index (χ2v) is 8.64. The molecule has 2 aromatic carbocycles. The predicted octanol–water partition coefficient (Wildman–Crippen LogP) is 3.99. The monoisotopic (exact) mass is 390 g/mol. The third-order valence-corrected chi connectivity index (χ3v) is 5.60. The van der Waals surface area contributed by atoms with Gasteiger partial charge in [0.25, 0.3) is 5.56 Å². The quantitative estimate of drug-likeness (QED) is 0.736. The van der Waals surface area contributed by atoms with Crippen LogP contribution in [0.5, 0.6) is 5.75 Å². The van der Waals surface area contributed by atoms with Gasteiger partial charge in [0.05, 0.1) is 12.8 Å². The molecule has 0 saturated heterocycles. The van der Waals surface area contributed by atoms with E-state index in [0.717, 1.165) is 35.3 Å². The van der Waals surface area contributed by atoms with Crippen LogP contribution in [-0.4, -0.2) is 16.7 Å². The van der Waals surface area contributed by atoms with Gasteiger partial charge in [-0.25, -0.2) is 4.79 Å². The molecule has 0 radical (unpaired) electrons. The van der Waals surface area contributed by atoms with Crippen LogP contribution in [0.2, 0.25) is 0 Å². The number of ether oxygens (including phenoxy) is 1. The van der Waals surface area contributed by atoms with Crippen LogP contribution >= 0.6 is 0 Å². The molecule has 1 aliphatic rings. The summed E-state index contributed by atoms with van der Waals surface area (Å²) >= 11 is 0. The van der Waals surface area contributed by atoms with Crippen molar-refractivity contribution in [3.63, 3.8) is 0 Å². The molecule has 5 heteroatoms. The molecule has 1 aromatic heterocycles. The van der Waals surface area contributed by atoms with Gasteiger partial charge in [0.1, 0.15) is 5.75 Å². The normalized spacial score (nSPS) is 13.4. The van der Waals surface area contributed by atoms with Crippen LogP contribution in [0.1, 0.15) is 43.9 Å².